The lowest BCUT2D eigenvalue weighted by atomic mass is 9.97. The van der Waals surface area contributed by atoms with Crippen LogP contribution in [0.2, 0.25) is 0 Å². The molecule has 0 radical (unpaired) electrons. The highest BCUT2D eigenvalue weighted by Gasteiger charge is 2.42. The number of rotatable bonds is 1. The number of fused-ring (bicyclic) bond motifs is 2. The summed E-state index contributed by atoms with van der Waals surface area (Å²) in [5, 5.41) is 8.96. The van der Waals surface area contributed by atoms with Gasteiger partial charge in [-0.15, -0.1) is 0 Å². The second-order valence-electron chi connectivity index (χ2n) is 6.23. The van der Waals surface area contributed by atoms with Crippen LogP contribution in [0.3, 0.4) is 0 Å². The summed E-state index contributed by atoms with van der Waals surface area (Å²) in [5.41, 5.74) is 0.849. The van der Waals surface area contributed by atoms with Crippen molar-refractivity contribution in [2.45, 2.75) is 64.1 Å². The van der Waals surface area contributed by atoms with Gasteiger partial charge in [0.25, 0.3) is 0 Å². The Kier molecular flexibility index (Phi) is 3.66. The number of piperidine rings is 1. The third kappa shape index (κ3) is 2.86. The normalized spacial score (nSPS) is 27.3. The summed E-state index contributed by atoms with van der Waals surface area (Å²) in [5.74, 6) is 0. The molecule has 2 fully saturated rings. The second-order valence-corrected chi connectivity index (χ2v) is 6.23. The molecule has 2 unspecified atom stereocenters. The number of carbonyl (C=O) groups excluding carboxylic acids is 1. The van der Waals surface area contributed by atoms with E-state index in [2.05, 4.69) is 0 Å². The summed E-state index contributed by atoms with van der Waals surface area (Å²) in [7, 11) is 0. The zero-order valence-corrected chi connectivity index (χ0v) is 11.5. The maximum Gasteiger partial charge on any atom is 0.410 e. The number of ether oxygens (including phenoxy) is 1. The highest BCUT2D eigenvalue weighted by Crippen LogP contribution is 2.39. The van der Waals surface area contributed by atoms with Gasteiger partial charge in [-0.2, -0.15) is 0 Å². The molecule has 0 aromatic heterocycles. The minimum Gasteiger partial charge on any atom is -0.444 e. The molecule has 2 heterocycles. The van der Waals surface area contributed by atoms with Crippen molar-refractivity contribution in [1.82, 2.24) is 4.90 Å². The number of carbonyl (C=O) groups is 1. The first-order valence-electron chi connectivity index (χ1n) is 6.71. The number of hydrogen-bond acceptors (Lipinski definition) is 3. The largest absolute Gasteiger partial charge is 0.444 e. The summed E-state index contributed by atoms with van der Waals surface area (Å²) >= 11 is 0. The maximum absolute atomic E-state index is 12.2. The minimum atomic E-state index is -0.433. The van der Waals surface area contributed by atoms with E-state index in [1.165, 1.54) is 5.57 Å². The van der Waals surface area contributed by atoms with Crippen LogP contribution in [-0.4, -0.2) is 40.4 Å². The molecule has 2 aliphatic rings. The van der Waals surface area contributed by atoms with Crippen LogP contribution in [0.5, 0.6) is 0 Å². The van der Waals surface area contributed by atoms with Crippen LogP contribution in [0.4, 0.5) is 4.79 Å². The highest BCUT2D eigenvalue weighted by molar-refractivity contribution is 5.70. The third-order valence-corrected chi connectivity index (χ3v) is 3.60. The van der Waals surface area contributed by atoms with Crippen molar-refractivity contribution in [3.05, 3.63) is 11.6 Å². The van der Waals surface area contributed by atoms with Crippen LogP contribution in [-0.2, 0) is 4.74 Å². The third-order valence-electron chi connectivity index (χ3n) is 3.60. The predicted molar refractivity (Wildman–Crippen MR) is 69.3 cm³/mol. The average Bonchev–Trinajstić information content (AvgIpc) is 2.49. The van der Waals surface area contributed by atoms with Crippen molar-refractivity contribution < 1.29 is 14.6 Å². The lowest BCUT2D eigenvalue weighted by Crippen LogP contribution is -2.47. The van der Waals surface area contributed by atoms with E-state index >= 15 is 0 Å². The van der Waals surface area contributed by atoms with E-state index in [0.29, 0.717) is 0 Å². The summed E-state index contributed by atoms with van der Waals surface area (Å²) in [6, 6.07) is 0.521. The Morgan fingerprint density at radius 3 is 2.39 bits per heavy atom. The first kappa shape index (κ1) is 13.4. The van der Waals surface area contributed by atoms with Gasteiger partial charge in [-0.05, 0) is 46.5 Å². The molecule has 2 bridgehead atoms. The first-order valence-corrected chi connectivity index (χ1v) is 6.71. The summed E-state index contributed by atoms with van der Waals surface area (Å²) in [6.07, 6.45) is 5.57. The molecule has 0 aliphatic carbocycles. The topological polar surface area (TPSA) is 49.8 Å². The standard InChI is InChI=1S/C14H23NO3/c1-14(2,3)18-13(17)15-11-4-5-12(15)9-10(8-11)6-7-16/h6,11-12,16H,4-5,7-9H2,1-3H3. The SMILES string of the molecule is CC(C)(C)OC(=O)N1C2CCC1CC(=CCO)C2. The van der Waals surface area contributed by atoms with E-state index < -0.39 is 5.60 Å². The fourth-order valence-electron chi connectivity index (χ4n) is 2.96. The van der Waals surface area contributed by atoms with E-state index in [9.17, 15) is 4.79 Å². The van der Waals surface area contributed by atoms with Gasteiger partial charge in [-0.1, -0.05) is 11.6 Å². The molecule has 2 rings (SSSR count). The molecule has 0 aromatic rings. The molecular formula is C14H23NO3. The summed E-state index contributed by atoms with van der Waals surface area (Å²) in [4.78, 5) is 14.1. The lowest BCUT2D eigenvalue weighted by molar-refractivity contribution is 0.0115. The van der Waals surface area contributed by atoms with Gasteiger partial charge in [-0.3, -0.25) is 0 Å². The molecule has 102 valence electrons. The number of aliphatic hydroxyl groups is 1. The highest BCUT2D eigenvalue weighted by atomic mass is 16.6. The van der Waals surface area contributed by atoms with E-state index in [-0.39, 0.29) is 24.8 Å². The Hall–Kier alpha value is -1.03. The van der Waals surface area contributed by atoms with Crippen LogP contribution in [0, 0.1) is 0 Å². The minimum absolute atomic E-state index is 0.0984. The van der Waals surface area contributed by atoms with Gasteiger partial charge in [0.2, 0.25) is 0 Å². The predicted octanol–water partition coefficient (Wildman–Crippen LogP) is 2.47. The molecule has 2 atom stereocenters. The van der Waals surface area contributed by atoms with Gasteiger partial charge < -0.3 is 14.7 Å². The summed E-state index contributed by atoms with van der Waals surface area (Å²) < 4.78 is 5.47. The Bertz CT molecular complexity index is 341. The molecule has 1 amide bonds. The Labute approximate surface area is 109 Å². The van der Waals surface area contributed by atoms with Gasteiger partial charge in [-0.25, -0.2) is 4.79 Å². The monoisotopic (exact) mass is 253 g/mol. The Balaban J connectivity index is 2.05. The van der Waals surface area contributed by atoms with Crippen molar-refractivity contribution in [2.75, 3.05) is 6.61 Å². The quantitative estimate of drug-likeness (QED) is 0.730. The van der Waals surface area contributed by atoms with Crippen molar-refractivity contribution >= 4 is 6.09 Å². The molecule has 0 saturated carbocycles. The van der Waals surface area contributed by atoms with Gasteiger partial charge in [0, 0.05) is 12.1 Å². The molecule has 0 spiro atoms. The molecular weight excluding hydrogens is 230 g/mol. The van der Waals surface area contributed by atoms with Crippen molar-refractivity contribution in [3.63, 3.8) is 0 Å². The molecule has 4 heteroatoms. The maximum atomic E-state index is 12.2. The van der Waals surface area contributed by atoms with Crippen molar-refractivity contribution in [3.8, 4) is 0 Å². The van der Waals surface area contributed by atoms with E-state index in [1.807, 2.05) is 31.7 Å². The Morgan fingerprint density at radius 2 is 1.94 bits per heavy atom. The molecule has 2 aliphatic heterocycles. The van der Waals surface area contributed by atoms with Gasteiger partial charge in [0.15, 0.2) is 0 Å². The van der Waals surface area contributed by atoms with E-state index in [4.69, 9.17) is 9.84 Å². The number of amides is 1. The Morgan fingerprint density at radius 1 is 1.39 bits per heavy atom. The molecule has 4 nitrogen and oxygen atoms in total. The van der Waals surface area contributed by atoms with Crippen LogP contribution in [0.15, 0.2) is 11.6 Å². The van der Waals surface area contributed by atoms with Gasteiger partial charge >= 0.3 is 6.09 Å². The fourth-order valence-corrected chi connectivity index (χ4v) is 2.96. The number of hydrogen-bond donors (Lipinski definition) is 1. The van der Waals surface area contributed by atoms with Gasteiger partial charge in [0.1, 0.15) is 5.60 Å². The van der Waals surface area contributed by atoms with Gasteiger partial charge in [0.05, 0.1) is 6.61 Å². The molecule has 18 heavy (non-hydrogen) atoms. The first-order chi connectivity index (χ1) is 8.40. The van der Waals surface area contributed by atoms with E-state index in [1.54, 1.807) is 0 Å². The second kappa shape index (κ2) is 4.92. The van der Waals surface area contributed by atoms with Crippen LogP contribution in [0.25, 0.3) is 0 Å². The summed E-state index contributed by atoms with van der Waals surface area (Å²) in [6.45, 7) is 5.79. The van der Waals surface area contributed by atoms with E-state index in [0.717, 1.165) is 25.7 Å². The zero-order valence-electron chi connectivity index (χ0n) is 11.5. The van der Waals surface area contributed by atoms with Crippen LogP contribution >= 0.6 is 0 Å². The van der Waals surface area contributed by atoms with Crippen LogP contribution < -0.4 is 0 Å². The lowest BCUT2D eigenvalue weighted by Gasteiger charge is -2.37. The van der Waals surface area contributed by atoms with Crippen molar-refractivity contribution in [2.24, 2.45) is 0 Å². The average molecular weight is 253 g/mol. The smallest absolute Gasteiger partial charge is 0.410 e. The molecule has 0 aromatic carbocycles. The number of nitrogens with zero attached hydrogens (tertiary/aromatic N) is 1. The van der Waals surface area contributed by atoms with Crippen molar-refractivity contribution in [1.29, 1.82) is 0 Å². The number of aliphatic hydroxyl groups excluding tert-OH is 1. The zero-order chi connectivity index (χ0) is 13.3. The molecule has 2 saturated heterocycles. The van der Waals surface area contributed by atoms with Crippen LogP contribution in [0.1, 0.15) is 46.5 Å². The molecule has 1 N–H and O–H groups in total. The fraction of sp³-hybridized carbons (Fsp3) is 0.786.